The highest BCUT2D eigenvalue weighted by molar-refractivity contribution is 6.62. The number of hydrogen-bond donors (Lipinski definition) is 1. The number of H-pyrrole nitrogens is 1. The Kier molecular flexibility index (Phi) is 3.70. The molecular formula is C15H11BFN3O2. The van der Waals surface area contributed by atoms with Gasteiger partial charge in [-0.3, -0.25) is 10.1 Å². The van der Waals surface area contributed by atoms with Gasteiger partial charge < -0.3 is 9.53 Å². The molecule has 3 rings (SSSR count). The monoisotopic (exact) mass is 295 g/mol. The molecule has 0 fully saturated rings. The van der Waals surface area contributed by atoms with Crippen molar-refractivity contribution in [3.05, 3.63) is 60.3 Å². The van der Waals surface area contributed by atoms with E-state index < -0.39 is 0 Å². The van der Waals surface area contributed by atoms with E-state index in [9.17, 15) is 9.18 Å². The molecule has 1 N–H and O–H groups in total. The number of aromatic amines is 1. The fraction of sp³-hybridized carbons (Fsp3) is 0. The highest BCUT2D eigenvalue weighted by Crippen LogP contribution is 2.31. The van der Waals surface area contributed by atoms with E-state index in [0.29, 0.717) is 28.5 Å². The first kappa shape index (κ1) is 14.0. The van der Waals surface area contributed by atoms with Crippen molar-refractivity contribution in [1.29, 1.82) is 0 Å². The molecule has 1 aromatic carbocycles. The first-order chi connectivity index (χ1) is 10.6. The molecule has 0 saturated heterocycles. The summed E-state index contributed by atoms with van der Waals surface area (Å²) in [6.07, 6.45) is 3.16. The van der Waals surface area contributed by atoms with E-state index >= 15 is 0 Å². The molecule has 5 nitrogen and oxygen atoms in total. The van der Waals surface area contributed by atoms with Crippen LogP contribution in [0.4, 0.5) is 4.39 Å². The Morgan fingerprint density at radius 2 is 2.00 bits per heavy atom. The summed E-state index contributed by atoms with van der Waals surface area (Å²) in [5, 5.41) is 6.75. The molecule has 3 aromatic rings. The zero-order valence-electron chi connectivity index (χ0n) is 11.7. The summed E-state index contributed by atoms with van der Waals surface area (Å²) < 4.78 is 18.7. The summed E-state index contributed by atoms with van der Waals surface area (Å²) in [7, 11) is 1.45. The Bertz CT molecular complexity index is 818. The van der Waals surface area contributed by atoms with Crippen LogP contribution < -0.4 is 4.74 Å². The number of pyridine rings is 1. The van der Waals surface area contributed by atoms with Crippen molar-refractivity contribution in [3.63, 3.8) is 0 Å². The molecule has 0 aliphatic carbocycles. The van der Waals surface area contributed by atoms with Gasteiger partial charge in [0.25, 0.3) is 0 Å². The number of carbonyl (C=O) groups is 1. The number of rotatable bonds is 4. The summed E-state index contributed by atoms with van der Waals surface area (Å²) in [5.74, 6) is 0.633. The molecule has 2 aromatic heterocycles. The van der Waals surface area contributed by atoms with Gasteiger partial charge in [-0.05, 0) is 36.4 Å². The number of halogens is 1. The Balaban J connectivity index is 1.95. The summed E-state index contributed by atoms with van der Waals surface area (Å²) in [6, 6.07) is 9.08. The number of hydrogen-bond acceptors (Lipinski definition) is 4. The standard InChI is InChI=1S/C15H11BFN3O2/c16-15(21)13-7-12(19-20-13)11-5-6-18-8-14(11)22-10-3-1-9(17)2-4-10/h1-8H,16H2,(H,19,20). The largest absolute Gasteiger partial charge is 0.455 e. The Morgan fingerprint density at radius 3 is 2.68 bits per heavy atom. The molecule has 0 aliphatic rings. The van der Waals surface area contributed by atoms with E-state index in [0.717, 1.165) is 0 Å². The number of benzene rings is 1. The van der Waals surface area contributed by atoms with Crippen LogP contribution in [0.3, 0.4) is 0 Å². The second-order valence-corrected chi connectivity index (χ2v) is 4.65. The van der Waals surface area contributed by atoms with E-state index in [-0.39, 0.29) is 11.5 Å². The molecule has 2 heterocycles. The minimum Gasteiger partial charge on any atom is -0.455 e. The predicted molar refractivity (Wildman–Crippen MR) is 81.2 cm³/mol. The van der Waals surface area contributed by atoms with Gasteiger partial charge in [-0.15, -0.1) is 0 Å². The van der Waals surface area contributed by atoms with Crippen molar-refractivity contribution in [2.45, 2.75) is 0 Å². The van der Waals surface area contributed by atoms with Crippen molar-refractivity contribution < 1.29 is 13.9 Å². The fourth-order valence-corrected chi connectivity index (χ4v) is 1.95. The average Bonchev–Trinajstić information content (AvgIpc) is 3.00. The van der Waals surface area contributed by atoms with Crippen molar-refractivity contribution in [1.82, 2.24) is 15.2 Å². The molecule has 0 radical (unpaired) electrons. The Morgan fingerprint density at radius 1 is 1.23 bits per heavy atom. The van der Waals surface area contributed by atoms with Gasteiger partial charge in [-0.25, -0.2) is 4.39 Å². The number of carbonyl (C=O) groups excluding carboxylic acids is 1. The maximum Gasteiger partial charge on any atom is 0.195 e. The normalized spacial score (nSPS) is 10.4. The van der Waals surface area contributed by atoms with Crippen molar-refractivity contribution in [3.8, 4) is 22.8 Å². The van der Waals surface area contributed by atoms with Crippen molar-refractivity contribution >= 4 is 13.5 Å². The quantitative estimate of drug-likeness (QED) is 0.749. The third-order valence-electron chi connectivity index (χ3n) is 3.05. The maximum atomic E-state index is 12.9. The minimum atomic E-state index is -0.335. The zero-order chi connectivity index (χ0) is 15.5. The second kappa shape index (κ2) is 5.81. The molecule has 0 saturated carbocycles. The molecule has 0 spiro atoms. The van der Waals surface area contributed by atoms with Gasteiger partial charge in [0.2, 0.25) is 0 Å². The topological polar surface area (TPSA) is 67.9 Å². The third-order valence-corrected chi connectivity index (χ3v) is 3.05. The summed E-state index contributed by atoms with van der Waals surface area (Å²) in [6.45, 7) is 0. The van der Waals surface area contributed by atoms with Crippen LogP contribution in [0.5, 0.6) is 11.5 Å². The summed E-state index contributed by atoms with van der Waals surface area (Å²) >= 11 is 0. The first-order valence-electron chi connectivity index (χ1n) is 6.57. The van der Waals surface area contributed by atoms with Crippen LogP contribution in [-0.4, -0.2) is 28.7 Å². The molecule has 0 bridgehead atoms. The van der Waals surface area contributed by atoms with Gasteiger partial charge in [0.1, 0.15) is 22.9 Å². The highest BCUT2D eigenvalue weighted by Gasteiger charge is 2.12. The van der Waals surface area contributed by atoms with Gasteiger partial charge in [-0.2, -0.15) is 5.10 Å². The van der Waals surface area contributed by atoms with Crippen LogP contribution in [-0.2, 0) is 0 Å². The van der Waals surface area contributed by atoms with Gasteiger partial charge >= 0.3 is 0 Å². The van der Waals surface area contributed by atoms with Crippen LogP contribution >= 0.6 is 0 Å². The first-order valence-corrected chi connectivity index (χ1v) is 6.57. The molecular weight excluding hydrogens is 284 g/mol. The average molecular weight is 295 g/mol. The number of nitrogens with one attached hydrogen (secondary N) is 1. The van der Waals surface area contributed by atoms with E-state index in [1.165, 1.54) is 32.1 Å². The van der Waals surface area contributed by atoms with Crippen LogP contribution in [0.1, 0.15) is 10.5 Å². The third kappa shape index (κ3) is 2.88. The zero-order valence-corrected chi connectivity index (χ0v) is 11.7. The van der Waals surface area contributed by atoms with Crippen LogP contribution in [0.2, 0.25) is 0 Å². The van der Waals surface area contributed by atoms with Gasteiger partial charge in [-0.1, -0.05) is 0 Å². The van der Waals surface area contributed by atoms with E-state index in [2.05, 4.69) is 15.2 Å². The number of ether oxygens (including phenoxy) is 1. The van der Waals surface area contributed by atoms with Crippen molar-refractivity contribution in [2.75, 3.05) is 0 Å². The molecule has 22 heavy (non-hydrogen) atoms. The lowest BCUT2D eigenvalue weighted by atomic mass is 9.99. The van der Waals surface area contributed by atoms with Gasteiger partial charge in [0, 0.05) is 11.8 Å². The lowest BCUT2D eigenvalue weighted by Gasteiger charge is -2.09. The van der Waals surface area contributed by atoms with Gasteiger partial charge in [0.05, 0.1) is 11.9 Å². The molecule has 108 valence electrons. The maximum absolute atomic E-state index is 12.9. The lowest BCUT2D eigenvalue weighted by Crippen LogP contribution is -1.96. The highest BCUT2D eigenvalue weighted by atomic mass is 19.1. The Labute approximate surface area is 126 Å². The van der Waals surface area contributed by atoms with Crippen LogP contribution in [0.25, 0.3) is 11.3 Å². The number of nitrogens with zero attached hydrogens (tertiary/aromatic N) is 2. The Hall–Kier alpha value is -2.96. The van der Waals surface area contributed by atoms with Crippen LogP contribution in [0, 0.1) is 5.82 Å². The summed E-state index contributed by atoms with van der Waals surface area (Å²) in [4.78, 5) is 15.4. The van der Waals surface area contributed by atoms with Gasteiger partial charge in [0.15, 0.2) is 13.6 Å². The number of aromatic nitrogens is 3. The minimum absolute atomic E-state index is 0.127. The molecule has 0 unspecified atom stereocenters. The fourth-order valence-electron chi connectivity index (χ4n) is 1.95. The van der Waals surface area contributed by atoms with E-state index in [4.69, 9.17) is 4.74 Å². The van der Waals surface area contributed by atoms with Crippen LogP contribution in [0.15, 0.2) is 48.8 Å². The SMILES string of the molecule is BC(=O)c1cc(-c2ccncc2Oc2ccc(F)cc2)[nH]n1. The molecule has 0 atom stereocenters. The smallest absolute Gasteiger partial charge is 0.195 e. The lowest BCUT2D eigenvalue weighted by molar-refractivity contribution is 0.107. The van der Waals surface area contributed by atoms with E-state index in [1.54, 1.807) is 24.5 Å². The molecule has 7 heteroatoms. The predicted octanol–water partition coefficient (Wildman–Crippen LogP) is 2.18. The molecule has 0 amide bonds. The summed E-state index contributed by atoms with van der Waals surface area (Å²) in [5.41, 5.74) is 1.57. The molecule has 0 aliphatic heterocycles. The van der Waals surface area contributed by atoms with Crippen molar-refractivity contribution in [2.24, 2.45) is 0 Å². The second-order valence-electron chi connectivity index (χ2n) is 4.65. The van der Waals surface area contributed by atoms with E-state index in [1.807, 2.05) is 0 Å².